The molecule has 0 aromatic heterocycles. The zero-order valence-electron chi connectivity index (χ0n) is 9.33. The Bertz CT molecular complexity index is 159. The van der Waals surface area contributed by atoms with Gasteiger partial charge in [-0.25, -0.2) is 0 Å². The van der Waals surface area contributed by atoms with E-state index in [2.05, 4.69) is 13.8 Å². The molecule has 0 spiro atoms. The molecule has 0 aromatic rings. The fourth-order valence-corrected chi connectivity index (χ4v) is 1.51. The molecule has 0 heterocycles. The molecule has 0 amide bonds. The van der Waals surface area contributed by atoms with Crippen molar-refractivity contribution in [2.24, 2.45) is 11.7 Å². The molecule has 0 radical (unpaired) electrons. The molecule has 2 unspecified atom stereocenters. The minimum atomic E-state index is -0.883. The van der Waals surface area contributed by atoms with Crippen molar-refractivity contribution in [3.63, 3.8) is 0 Å². The summed E-state index contributed by atoms with van der Waals surface area (Å²) in [4.78, 5) is 10.4. The van der Waals surface area contributed by atoms with E-state index in [9.17, 15) is 4.79 Å². The van der Waals surface area contributed by atoms with Gasteiger partial charge in [-0.15, -0.1) is 0 Å². The van der Waals surface area contributed by atoms with Crippen molar-refractivity contribution in [1.82, 2.24) is 0 Å². The van der Waals surface area contributed by atoms with Gasteiger partial charge in [-0.2, -0.15) is 0 Å². The number of nitrogens with two attached hydrogens (primary N) is 1. The summed E-state index contributed by atoms with van der Waals surface area (Å²) >= 11 is 0. The molecule has 0 saturated carbocycles. The van der Waals surface area contributed by atoms with Gasteiger partial charge in [0.25, 0.3) is 0 Å². The molecule has 0 fully saturated rings. The molecule has 0 rings (SSSR count). The molecule has 14 heavy (non-hydrogen) atoms. The lowest BCUT2D eigenvalue weighted by Crippen LogP contribution is -2.29. The molecule has 0 aliphatic rings. The lowest BCUT2D eigenvalue weighted by atomic mass is 9.97. The first kappa shape index (κ1) is 13.4. The molecule has 84 valence electrons. The first-order valence-electron chi connectivity index (χ1n) is 5.56. The second-order valence-corrected chi connectivity index (χ2v) is 4.12. The zero-order valence-corrected chi connectivity index (χ0v) is 9.33. The Labute approximate surface area is 86.7 Å². The largest absolute Gasteiger partial charge is 0.480 e. The highest BCUT2D eigenvalue weighted by molar-refractivity contribution is 5.72. The summed E-state index contributed by atoms with van der Waals surface area (Å²) < 4.78 is 0. The quantitative estimate of drug-likeness (QED) is 0.633. The molecule has 0 saturated heterocycles. The predicted molar refractivity (Wildman–Crippen MR) is 58.2 cm³/mol. The summed E-state index contributed by atoms with van der Waals surface area (Å²) in [6, 6.07) is -0.673. The van der Waals surface area contributed by atoms with Crippen LogP contribution in [0, 0.1) is 5.92 Å². The van der Waals surface area contributed by atoms with Crippen LogP contribution in [0.5, 0.6) is 0 Å². The van der Waals surface area contributed by atoms with E-state index in [1.54, 1.807) is 0 Å². The Balaban J connectivity index is 3.39. The summed E-state index contributed by atoms with van der Waals surface area (Å²) in [7, 11) is 0. The molecule has 3 heteroatoms. The number of carbonyl (C=O) groups is 1. The third-order valence-electron chi connectivity index (χ3n) is 2.58. The highest BCUT2D eigenvalue weighted by Gasteiger charge is 2.11. The maximum atomic E-state index is 10.4. The van der Waals surface area contributed by atoms with Crippen LogP contribution < -0.4 is 5.73 Å². The number of hydrogen-bond acceptors (Lipinski definition) is 2. The Morgan fingerprint density at radius 1 is 1.29 bits per heavy atom. The molecular weight excluding hydrogens is 178 g/mol. The smallest absolute Gasteiger partial charge is 0.320 e. The maximum Gasteiger partial charge on any atom is 0.320 e. The van der Waals surface area contributed by atoms with Gasteiger partial charge in [0.15, 0.2) is 0 Å². The number of aliphatic carboxylic acids is 1. The van der Waals surface area contributed by atoms with Gasteiger partial charge < -0.3 is 10.8 Å². The monoisotopic (exact) mass is 201 g/mol. The Kier molecular flexibility index (Phi) is 7.48. The molecule has 0 aliphatic heterocycles. The average molecular weight is 201 g/mol. The van der Waals surface area contributed by atoms with E-state index in [1.807, 2.05) is 0 Å². The standard InChI is InChI=1S/C11H23NO2/c1-3-4-6-9(2)7-5-8-10(12)11(13)14/h9-10H,3-8,12H2,1-2H3,(H,13,14). The van der Waals surface area contributed by atoms with Gasteiger partial charge >= 0.3 is 5.97 Å². The minimum absolute atomic E-state index is 0.603. The molecule has 3 nitrogen and oxygen atoms in total. The van der Waals surface area contributed by atoms with Crippen LogP contribution in [0.15, 0.2) is 0 Å². The lowest BCUT2D eigenvalue weighted by Gasteiger charge is -2.11. The number of unbranched alkanes of at least 4 members (excludes halogenated alkanes) is 1. The molecule has 3 N–H and O–H groups in total. The van der Waals surface area contributed by atoms with Crippen molar-refractivity contribution in [2.75, 3.05) is 0 Å². The summed E-state index contributed by atoms with van der Waals surface area (Å²) in [6.45, 7) is 4.41. The second-order valence-electron chi connectivity index (χ2n) is 4.12. The molecule has 0 bridgehead atoms. The van der Waals surface area contributed by atoms with E-state index in [-0.39, 0.29) is 0 Å². The van der Waals surface area contributed by atoms with E-state index in [0.29, 0.717) is 12.3 Å². The fraction of sp³-hybridized carbons (Fsp3) is 0.909. The van der Waals surface area contributed by atoms with Gasteiger partial charge in [-0.1, -0.05) is 46.0 Å². The van der Waals surface area contributed by atoms with Crippen molar-refractivity contribution >= 4 is 5.97 Å². The van der Waals surface area contributed by atoms with Crippen LogP contribution in [0.2, 0.25) is 0 Å². The van der Waals surface area contributed by atoms with Crippen LogP contribution in [0.3, 0.4) is 0 Å². The van der Waals surface area contributed by atoms with Crippen molar-refractivity contribution in [3.05, 3.63) is 0 Å². The van der Waals surface area contributed by atoms with Crippen LogP contribution in [0.25, 0.3) is 0 Å². The summed E-state index contributed by atoms with van der Waals surface area (Å²) in [5, 5.41) is 8.56. The van der Waals surface area contributed by atoms with E-state index < -0.39 is 12.0 Å². The van der Waals surface area contributed by atoms with Gasteiger partial charge in [0.05, 0.1) is 0 Å². The van der Waals surface area contributed by atoms with Gasteiger partial charge in [-0.05, 0) is 12.3 Å². The van der Waals surface area contributed by atoms with Gasteiger partial charge in [0.2, 0.25) is 0 Å². The van der Waals surface area contributed by atoms with Crippen LogP contribution in [-0.4, -0.2) is 17.1 Å². The van der Waals surface area contributed by atoms with E-state index in [0.717, 1.165) is 12.8 Å². The minimum Gasteiger partial charge on any atom is -0.480 e. The number of carboxylic acids is 1. The maximum absolute atomic E-state index is 10.4. The van der Waals surface area contributed by atoms with Crippen molar-refractivity contribution in [2.45, 2.75) is 58.4 Å². The fourth-order valence-electron chi connectivity index (χ4n) is 1.51. The Morgan fingerprint density at radius 2 is 1.86 bits per heavy atom. The van der Waals surface area contributed by atoms with Crippen molar-refractivity contribution in [3.8, 4) is 0 Å². The summed E-state index contributed by atoms with van der Waals surface area (Å²) in [5.41, 5.74) is 5.40. The van der Waals surface area contributed by atoms with E-state index in [4.69, 9.17) is 10.8 Å². The molecular formula is C11H23NO2. The molecule has 0 aliphatic carbocycles. The first-order valence-corrected chi connectivity index (χ1v) is 5.56. The number of hydrogen-bond donors (Lipinski definition) is 2. The van der Waals surface area contributed by atoms with Crippen molar-refractivity contribution < 1.29 is 9.90 Å². The van der Waals surface area contributed by atoms with E-state index >= 15 is 0 Å². The van der Waals surface area contributed by atoms with Gasteiger partial charge in [0, 0.05) is 0 Å². The third kappa shape index (κ3) is 6.89. The Hall–Kier alpha value is -0.570. The molecule has 2 atom stereocenters. The normalized spacial score (nSPS) is 15.1. The Morgan fingerprint density at radius 3 is 2.36 bits per heavy atom. The highest BCUT2D eigenvalue weighted by Crippen LogP contribution is 2.15. The van der Waals surface area contributed by atoms with Crippen LogP contribution in [-0.2, 0) is 4.79 Å². The number of carboxylic acid groups (broad SMARTS) is 1. The lowest BCUT2D eigenvalue weighted by molar-refractivity contribution is -0.138. The third-order valence-corrected chi connectivity index (χ3v) is 2.58. The summed E-state index contributed by atoms with van der Waals surface area (Å²) in [6.07, 6.45) is 6.38. The molecule has 0 aromatic carbocycles. The number of rotatable bonds is 8. The first-order chi connectivity index (χ1) is 6.57. The SMILES string of the molecule is CCCCC(C)CCCC(N)C(=O)O. The highest BCUT2D eigenvalue weighted by atomic mass is 16.4. The van der Waals surface area contributed by atoms with Gasteiger partial charge in [-0.3, -0.25) is 4.79 Å². The van der Waals surface area contributed by atoms with Crippen LogP contribution in [0.1, 0.15) is 52.4 Å². The van der Waals surface area contributed by atoms with Gasteiger partial charge in [0.1, 0.15) is 6.04 Å². The van der Waals surface area contributed by atoms with Crippen molar-refractivity contribution in [1.29, 1.82) is 0 Å². The van der Waals surface area contributed by atoms with E-state index in [1.165, 1.54) is 19.3 Å². The zero-order chi connectivity index (χ0) is 11.0. The topological polar surface area (TPSA) is 63.3 Å². The van der Waals surface area contributed by atoms with Crippen LogP contribution in [0.4, 0.5) is 0 Å². The second kappa shape index (κ2) is 7.80. The summed E-state index contributed by atoms with van der Waals surface area (Å²) in [5.74, 6) is -0.179. The predicted octanol–water partition coefficient (Wildman–Crippen LogP) is 2.39. The van der Waals surface area contributed by atoms with Crippen LogP contribution >= 0.6 is 0 Å². The average Bonchev–Trinajstić information content (AvgIpc) is 2.14.